The van der Waals surface area contributed by atoms with Gasteiger partial charge in [-0.3, -0.25) is 4.99 Å². The van der Waals surface area contributed by atoms with Crippen molar-refractivity contribution in [3.05, 3.63) is 5.82 Å². The zero-order valence-corrected chi connectivity index (χ0v) is 6.25. The van der Waals surface area contributed by atoms with Gasteiger partial charge in [-0.2, -0.15) is 5.21 Å². The summed E-state index contributed by atoms with van der Waals surface area (Å²) in [7, 11) is 0. The van der Waals surface area contributed by atoms with Crippen LogP contribution in [0.25, 0.3) is 0 Å². The standard InChI is InChI=1S/C5H7N7/c1(5-8-10-11-9-5)12-3-6-2-7-4-12/h2-3H,1,4H2,(H,8,9,10,11). The smallest absolute Gasteiger partial charge is 0.193 e. The van der Waals surface area contributed by atoms with E-state index in [1.54, 1.807) is 6.34 Å². The SMILES string of the molecule is C1=NC=NCN1Cc1nn[nH]n1. The van der Waals surface area contributed by atoms with E-state index in [2.05, 4.69) is 30.6 Å². The molecule has 2 rings (SSSR count). The number of H-pyrrole nitrogens is 1. The lowest BCUT2D eigenvalue weighted by molar-refractivity contribution is 0.423. The molecule has 0 aliphatic carbocycles. The second kappa shape index (κ2) is 3.07. The number of nitrogens with zero attached hydrogens (tertiary/aromatic N) is 6. The minimum Gasteiger partial charge on any atom is -0.335 e. The van der Waals surface area contributed by atoms with Crippen molar-refractivity contribution in [2.24, 2.45) is 9.98 Å². The van der Waals surface area contributed by atoms with E-state index >= 15 is 0 Å². The molecule has 1 aromatic heterocycles. The number of rotatable bonds is 2. The summed E-state index contributed by atoms with van der Waals surface area (Å²) in [5.74, 6) is 0.638. The minimum absolute atomic E-state index is 0.581. The average molecular weight is 165 g/mol. The van der Waals surface area contributed by atoms with Crippen molar-refractivity contribution in [3.63, 3.8) is 0 Å². The molecule has 0 bridgehead atoms. The molecule has 0 atom stereocenters. The maximum atomic E-state index is 3.96. The first-order chi connectivity index (χ1) is 5.95. The summed E-state index contributed by atoms with van der Waals surface area (Å²) in [5, 5.41) is 13.4. The molecule has 0 saturated carbocycles. The normalized spacial score (nSPS) is 15.5. The van der Waals surface area contributed by atoms with E-state index in [9.17, 15) is 0 Å². The van der Waals surface area contributed by atoms with Crippen molar-refractivity contribution in [2.45, 2.75) is 6.54 Å². The van der Waals surface area contributed by atoms with Gasteiger partial charge in [0.25, 0.3) is 0 Å². The van der Waals surface area contributed by atoms with Crippen molar-refractivity contribution in [3.8, 4) is 0 Å². The van der Waals surface area contributed by atoms with Crippen LogP contribution in [-0.2, 0) is 6.54 Å². The fourth-order valence-electron chi connectivity index (χ4n) is 0.871. The van der Waals surface area contributed by atoms with Gasteiger partial charge in [-0.05, 0) is 0 Å². The molecule has 0 radical (unpaired) electrons. The number of hydrogen-bond donors (Lipinski definition) is 1. The number of aliphatic imine (C=N–C) groups is 2. The summed E-state index contributed by atoms with van der Waals surface area (Å²) >= 11 is 0. The van der Waals surface area contributed by atoms with Gasteiger partial charge in [0, 0.05) is 0 Å². The predicted molar refractivity (Wildman–Crippen MR) is 41.6 cm³/mol. The average Bonchev–Trinajstić information content (AvgIpc) is 2.59. The van der Waals surface area contributed by atoms with Crippen LogP contribution in [0, 0.1) is 0 Å². The highest BCUT2D eigenvalue weighted by Gasteiger charge is 2.05. The van der Waals surface area contributed by atoms with E-state index in [1.807, 2.05) is 4.90 Å². The zero-order chi connectivity index (χ0) is 8.23. The third kappa shape index (κ3) is 1.44. The highest BCUT2D eigenvalue weighted by molar-refractivity contribution is 5.72. The van der Waals surface area contributed by atoms with Crippen LogP contribution in [0.2, 0.25) is 0 Å². The van der Waals surface area contributed by atoms with Crippen LogP contribution in [0.15, 0.2) is 9.98 Å². The van der Waals surface area contributed by atoms with Crippen molar-refractivity contribution in [1.29, 1.82) is 0 Å². The van der Waals surface area contributed by atoms with Crippen molar-refractivity contribution >= 4 is 12.7 Å². The second-order valence-corrected chi connectivity index (χ2v) is 2.28. The fourth-order valence-corrected chi connectivity index (χ4v) is 0.871. The topological polar surface area (TPSA) is 82.4 Å². The van der Waals surface area contributed by atoms with Crippen molar-refractivity contribution < 1.29 is 0 Å². The highest BCUT2D eigenvalue weighted by Crippen LogP contribution is 1.95. The van der Waals surface area contributed by atoms with E-state index in [0.29, 0.717) is 19.0 Å². The van der Waals surface area contributed by atoms with Crippen LogP contribution in [0.4, 0.5) is 0 Å². The Balaban J connectivity index is 1.96. The van der Waals surface area contributed by atoms with Gasteiger partial charge in [0.2, 0.25) is 0 Å². The van der Waals surface area contributed by atoms with Crippen LogP contribution in [0.3, 0.4) is 0 Å². The lowest BCUT2D eigenvalue weighted by Gasteiger charge is -2.15. The Hall–Kier alpha value is -1.79. The van der Waals surface area contributed by atoms with Gasteiger partial charge in [-0.15, -0.1) is 10.2 Å². The molecular formula is C5H7N7. The lowest BCUT2D eigenvalue weighted by atomic mass is 10.5. The van der Waals surface area contributed by atoms with Gasteiger partial charge in [-0.1, -0.05) is 5.21 Å². The summed E-state index contributed by atoms with van der Waals surface area (Å²) in [6.45, 7) is 1.18. The molecule has 1 aliphatic heterocycles. The van der Waals surface area contributed by atoms with Gasteiger partial charge in [-0.25, -0.2) is 4.99 Å². The van der Waals surface area contributed by atoms with Crippen LogP contribution in [0.5, 0.6) is 0 Å². The molecule has 0 unspecified atom stereocenters. The Kier molecular flexibility index (Phi) is 1.77. The van der Waals surface area contributed by atoms with E-state index in [4.69, 9.17) is 0 Å². The highest BCUT2D eigenvalue weighted by atomic mass is 15.5. The number of hydrogen-bond acceptors (Lipinski definition) is 6. The summed E-state index contributed by atoms with van der Waals surface area (Å²) in [6.07, 6.45) is 3.22. The number of nitrogens with one attached hydrogen (secondary N) is 1. The molecule has 62 valence electrons. The Morgan fingerprint density at radius 2 is 2.58 bits per heavy atom. The van der Waals surface area contributed by atoms with Crippen molar-refractivity contribution in [2.75, 3.05) is 6.67 Å². The van der Waals surface area contributed by atoms with Gasteiger partial charge in [0.1, 0.15) is 13.0 Å². The molecule has 0 amide bonds. The van der Waals surface area contributed by atoms with Gasteiger partial charge >= 0.3 is 0 Å². The summed E-state index contributed by atoms with van der Waals surface area (Å²) in [5.41, 5.74) is 0. The third-order valence-electron chi connectivity index (χ3n) is 1.38. The van der Waals surface area contributed by atoms with Crippen LogP contribution in [0.1, 0.15) is 5.82 Å². The molecule has 0 spiro atoms. The molecule has 1 aliphatic rings. The Morgan fingerprint density at radius 1 is 1.58 bits per heavy atom. The Labute approximate surface area is 68.2 Å². The molecule has 0 aromatic carbocycles. The molecule has 2 heterocycles. The quantitative estimate of drug-likeness (QED) is 0.611. The second-order valence-electron chi connectivity index (χ2n) is 2.28. The maximum Gasteiger partial charge on any atom is 0.193 e. The monoisotopic (exact) mass is 165 g/mol. The molecular weight excluding hydrogens is 158 g/mol. The molecule has 0 fully saturated rings. The largest absolute Gasteiger partial charge is 0.335 e. The minimum atomic E-state index is 0.581. The van der Waals surface area contributed by atoms with Crippen LogP contribution >= 0.6 is 0 Å². The van der Waals surface area contributed by atoms with Crippen LogP contribution < -0.4 is 0 Å². The molecule has 7 nitrogen and oxygen atoms in total. The number of tetrazole rings is 1. The number of aromatic amines is 1. The first kappa shape index (κ1) is 6.89. The molecule has 1 aromatic rings. The summed E-state index contributed by atoms with van der Waals surface area (Å²) < 4.78 is 0. The van der Waals surface area contributed by atoms with E-state index in [-0.39, 0.29) is 0 Å². The van der Waals surface area contributed by atoms with Gasteiger partial charge in [0.05, 0.1) is 12.9 Å². The Bertz CT molecular complexity index is 287. The maximum absolute atomic E-state index is 3.96. The van der Waals surface area contributed by atoms with E-state index < -0.39 is 0 Å². The summed E-state index contributed by atoms with van der Waals surface area (Å²) in [4.78, 5) is 9.70. The molecule has 1 N–H and O–H groups in total. The summed E-state index contributed by atoms with van der Waals surface area (Å²) in [6, 6.07) is 0. The van der Waals surface area contributed by atoms with Gasteiger partial charge in [0.15, 0.2) is 5.82 Å². The first-order valence-electron chi connectivity index (χ1n) is 3.43. The van der Waals surface area contributed by atoms with Gasteiger partial charge < -0.3 is 4.90 Å². The predicted octanol–water partition coefficient (Wildman–Crippen LogP) is -0.971. The van der Waals surface area contributed by atoms with Crippen LogP contribution in [-0.4, -0.2) is 44.9 Å². The molecule has 7 heteroatoms. The number of aromatic nitrogens is 4. The lowest BCUT2D eigenvalue weighted by Crippen LogP contribution is -2.24. The van der Waals surface area contributed by atoms with E-state index in [1.165, 1.54) is 6.34 Å². The fraction of sp³-hybridized carbons (Fsp3) is 0.400. The van der Waals surface area contributed by atoms with Crippen molar-refractivity contribution in [1.82, 2.24) is 25.5 Å². The molecule has 12 heavy (non-hydrogen) atoms. The first-order valence-corrected chi connectivity index (χ1v) is 3.43. The Morgan fingerprint density at radius 3 is 3.25 bits per heavy atom. The third-order valence-corrected chi connectivity index (χ3v) is 1.38. The molecule has 0 saturated heterocycles. The zero-order valence-electron chi connectivity index (χ0n) is 6.25. The van der Waals surface area contributed by atoms with E-state index in [0.717, 1.165) is 0 Å².